The normalized spacial score (nSPS) is 14.0. The van der Waals surface area contributed by atoms with Crippen molar-refractivity contribution in [2.45, 2.75) is 19.3 Å². The molecule has 1 aliphatic carbocycles. The first-order chi connectivity index (χ1) is 16.1. The SMILES string of the molecule is CC1(C)c2ccccc2-c2cc(Nc3cccc4c3oc3ccc5ccccc5c34)ccc21. The molecule has 0 saturated carbocycles. The molecule has 6 aromatic rings. The van der Waals surface area contributed by atoms with Crippen LogP contribution in [-0.4, -0.2) is 0 Å². The van der Waals surface area contributed by atoms with Crippen molar-refractivity contribution in [1.29, 1.82) is 0 Å². The second-order valence-electron chi connectivity index (χ2n) is 9.50. The van der Waals surface area contributed by atoms with Crippen LogP contribution in [0.1, 0.15) is 25.0 Å². The number of fused-ring (bicyclic) bond motifs is 8. The minimum Gasteiger partial charge on any atom is -0.454 e. The molecule has 0 saturated heterocycles. The summed E-state index contributed by atoms with van der Waals surface area (Å²) >= 11 is 0. The summed E-state index contributed by atoms with van der Waals surface area (Å²) in [4.78, 5) is 0. The summed E-state index contributed by atoms with van der Waals surface area (Å²) in [6.07, 6.45) is 0. The molecule has 0 unspecified atom stereocenters. The van der Waals surface area contributed by atoms with Gasteiger partial charge in [-0.1, -0.05) is 86.6 Å². The Bertz CT molecular complexity index is 1720. The van der Waals surface area contributed by atoms with E-state index in [1.165, 1.54) is 38.4 Å². The Morgan fingerprint density at radius 2 is 1.45 bits per heavy atom. The van der Waals surface area contributed by atoms with Crippen LogP contribution in [0.25, 0.3) is 43.8 Å². The van der Waals surface area contributed by atoms with E-state index >= 15 is 0 Å². The van der Waals surface area contributed by atoms with Crippen LogP contribution < -0.4 is 5.32 Å². The molecule has 0 aliphatic heterocycles. The number of hydrogen-bond donors (Lipinski definition) is 1. The van der Waals surface area contributed by atoms with E-state index in [-0.39, 0.29) is 5.41 Å². The average Bonchev–Trinajstić information content (AvgIpc) is 3.34. The fraction of sp³-hybridized carbons (Fsp3) is 0.0968. The van der Waals surface area contributed by atoms with Crippen LogP contribution in [-0.2, 0) is 5.41 Å². The summed E-state index contributed by atoms with van der Waals surface area (Å²) in [7, 11) is 0. The van der Waals surface area contributed by atoms with E-state index in [2.05, 4.69) is 116 Å². The van der Waals surface area contributed by atoms with Crippen molar-refractivity contribution in [1.82, 2.24) is 0 Å². The molecule has 5 aromatic carbocycles. The minimum absolute atomic E-state index is 0.0181. The zero-order chi connectivity index (χ0) is 22.2. The lowest BCUT2D eigenvalue weighted by Gasteiger charge is -2.21. The molecule has 0 atom stereocenters. The molecule has 0 bridgehead atoms. The lowest BCUT2D eigenvalue weighted by atomic mass is 9.82. The van der Waals surface area contributed by atoms with Crippen LogP contribution in [0, 0.1) is 0 Å². The zero-order valence-electron chi connectivity index (χ0n) is 18.6. The molecular weight excluding hydrogens is 402 g/mol. The average molecular weight is 426 g/mol. The lowest BCUT2D eigenvalue weighted by molar-refractivity contribution is 0.660. The first-order valence-corrected chi connectivity index (χ1v) is 11.5. The Labute approximate surface area is 192 Å². The summed E-state index contributed by atoms with van der Waals surface area (Å²) in [6.45, 7) is 4.62. The van der Waals surface area contributed by atoms with Crippen molar-refractivity contribution in [2.24, 2.45) is 0 Å². The highest BCUT2D eigenvalue weighted by atomic mass is 16.3. The summed E-state index contributed by atoms with van der Waals surface area (Å²) in [6, 6.07) is 34.5. The van der Waals surface area contributed by atoms with E-state index in [9.17, 15) is 0 Å². The van der Waals surface area contributed by atoms with Crippen LogP contribution in [0.3, 0.4) is 0 Å². The summed E-state index contributed by atoms with van der Waals surface area (Å²) in [5, 5.41) is 8.42. The predicted octanol–water partition coefficient (Wildman–Crippen LogP) is 8.79. The maximum Gasteiger partial charge on any atom is 0.158 e. The summed E-state index contributed by atoms with van der Waals surface area (Å²) in [5.41, 5.74) is 9.29. The number of furan rings is 1. The number of para-hydroxylation sites is 1. The first kappa shape index (κ1) is 18.5. The van der Waals surface area contributed by atoms with Crippen LogP contribution in [0.15, 0.2) is 101 Å². The number of rotatable bonds is 2. The van der Waals surface area contributed by atoms with Gasteiger partial charge in [0.05, 0.1) is 5.69 Å². The molecular formula is C31H23NO. The Kier molecular flexibility index (Phi) is 3.64. The highest BCUT2D eigenvalue weighted by Gasteiger charge is 2.35. The second-order valence-corrected chi connectivity index (χ2v) is 9.50. The van der Waals surface area contributed by atoms with Crippen LogP contribution in [0.5, 0.6) is 0 Å². The number of hydrogen-bond acceptors (Lipinski definition) is 2. The molecule has 0 fully saturated rings. The van der Waals surface area contributed by atoms with Gasteiger partial charge in [-0.25, -0.2) is 0 Å². The molecule has 0 spiro atoms. The third-order valence-corrected chi connectivity index (χ3v) is 7.25. The number of anilines is 2. The fourth-order valence-electron chi connectivity index (χ4n) is 5.62. The third-order valence-electron chi connectivity index (χ3n) is 7.25. The Morgan fingerprint density at radius 3 is 2.39 bits per heavy atom. The Balaban J connectivity index is 1.38. The fourth-order valence-corrected chi connectivity index (χ4v) is 5.62. The summed E-state index contributed by atoms with van der Waals surface area (Å²) < 4.78 is 6.38. The molecule has 158 valence electrons. The van der Waals surface area contributed by atoms with Gasteiger partial charge >= 0.3 is 0 Å². The maximum atomic E-state index is 6.38. The van der Waals surface area contributed by atoms with Crippen LogP contribution in [0.4, 0.5) is 11.4 Å². The summed E-state index contributed by atoms with van der Waals surface area (Å²) in [5.74, 6) is 0. The molecule has 2 heteroatoms. The number of nitrogens with one attached hydrogen (secondary N) is 1. The van der Waals surface area contributed by atoms with Gasteiger partial charge in [-0.3, -0.25) is 0 Å². The second kappa shape index (κ2) is 6.49. The Hall–Kier alpha value is -4.04. The zero-order valence-corrected chi connectivity index (χ0v) is 18.6. The van der Waals surface area contributed by atoms with E-state index in [1.54, 1.807) is 0 Å². The maximum absolute atomic E-state index is 6.38. The van der Waals surface area contributed by atoms with Crippen LogP contribution in [0.2, 0.25) is 0 Å². The number of benzene rings is 5. The van der Waals surface area contributed by atoms with Gasteiger partial charge < -0.3 is 9.73 Å². The largest absolute Gasteiger partial charge is 0.454 e. The van der Waals surface area contributed by atoms with Gasteiger partial charge in [-0.15, -0.1) is 0 Å². The Morgan fingerprint density at radius 1 is 0.667 bits per heavy atom. The molecule has 1 heterocycles. The van der Waals surface area contributed by atoms with Crippen LogP contribution >= 0.6 is 0 Å². The topological polar surface area (TPSA) is 25.2 Å². The highest BCUT2D eigenvalue weighted by molar-refractivity contribution is 6.20. The van der Waals surface area contributed by atoms with Gasteiger partial charge in [0.2, 0.25) is 0 Å². The quantitative estimate of drug-likeness (QED) is 0.300. The van der Waals surface area contributed by atoms with E-state index in [4.69, 9.17) is 4.42 Å². The van der Waals surface area contributed by atoms with Gasteiger partial charge in [-0.05, 0) is 57.3 Å². The van der Waals surface area contributed by atoms with Crippen molar-refractivity contribution in [3.63, 3.8) is 0 Å². The molecule has 0 radical (unpaired) electrons. The minimum atomic E-state index is 0.0181. The predicted molar refractivity (Wildman–Crippen MR) is 139 cm³/mol. The molecule has 1 aromatic heterocycles. The van der Waals surface area contributed by atoms with Gasteiger partial charge in [0, 0.05) is 21.9 Å². The standard InChI is InChI=1S/C31H23NO/c1-31(2)25-12-6-5-10-22(25)24-18-20(15-16-26(24)31)32-27-13-7-11-23-29-21-9-4-3-8-19(21)14-17-28(29)33-30(23)27/h3-18,32H,1-2H3. The van der Waals surface area contributed by atoms with Crippen molar-refractivity contribution in [3.05, 3.63) is 108 Å². The van der Waals surface area contributed by atoms with Gasteiger partial charge in [0.15, 0.2) is 5.58 Å². The molecule has 7 rings (SSSR count). The highest BCUT2D eigenvalue weighted by Crippen LogP contribution is 2.49. The van der Waals surface area contributed by atoms with Crippen molar-refractivity contribution >= 4 is 44.1 Å². The smallest absolute Gasteiger partial charge is 0.158 e. The van der Waals surface area contributed by atoms with Crippen molar-refractivity contribution in [2.75, 3.05) is 5.32 Å². The van der Waals surface area contributed by atoms with Crippen molar-refractivity contribution in [3.8, 4) is 11.1 Å². The molecule has 1 N–H and O–H groups in total. The van der Waals surface area contributed by atoms with E-state index in [0.29, 0.717) is 0 Å². The third kappa shape index (κ3) is 2.55. The molecule has 0 amide bonds. The van der Waals surface area contributed by atoms with Gasteiger partial charge in [0.1, 0.15) is 5.58 Å². The molecule has 1 aliphatic rings. The van der Waals surface area contributed by atoms with E-state index < -0.39 is 0 Å². The van der Waals surface area contributed by atoms with E-state index in [0.717, 1.165) is 27.9 Å². The molecule has 2 nitrogen and oxygen atoms in total. The molecule has 33 heavy (non-hydrogen) atoms. The monoisotopic (exact) mass is 425 g/mol. The van der Waals surface area contributed by atoms with Gasteiger partial charge in [-0.2, -0.15) is 0 Å². The van der Waals surface area contributed by atoms with Crippen molar-refractivity contribution < 1.29 is 4.42 Å². The van der Waals surface area contributed by atoms with Gasteiger partial charge in [0.25, 0.3) is 0 Å². The first-order valence-electron chi connectivity index (χ1n) is 11.5. The lowest BCUT2D eigenvalue weighted by Crippen LogP contribution is -2.14. The van der Waals surface area contributed by atoms with E-state index in [1.807, 2.05) is 0 Å².